The monoisotopic (exact) mass is 336 g/mol. The average molecular weight is 337 g/mol. The Labute approximate surface area is 124 Å². The van der Waals surface area contributed by atoms with E-state index in [1.807, 2.05) is 0 Å². The Morgan fingerprint density at radius 1 is 1.57 bits per heavy atom. The van der Waals surface area contributed by atoms with Crippen molar-refractivity contribution >= 4 is 39.4 Å². The summed E-state index contributed by atoms with van der Waals surface area (Å²) in [6.45, 7) is -0.0946. The van der Waals surface area contributed by atoms with Gasteiger partial charge in [0, 0.05) is 31.1 Å². The SMILES string of the molecule is O=C(O)c1cnc(Cl)cc1N1CC(CS(=O)(=O)F)CC1=O. The lowest BCUT2D eigenvalue weighted by Crippen LogP contribution is -2.27. The van der Waals surface area contributed by atoms with Crippen LogP contribution in [0.15, 0.2) is 12.3 Å². The van der Waals surface area contributed by atoms with Gasteiger partial charge in [-0.15, -0.1) is 3.89 Å². The van der Waals surface area contributed by atoms with Gasteiger partial charge in [0.15, 0.2) is 0 Å². The van der Waals surface area contributed by atoms with Crippen LogP contribution in [0.3, 0.4) is 0 Å². The fraction of sp³-hybridized carbons (Fsp3) is 0.364. The summed E-state index contributed by atoms with van der Waals surface area (Å²) in [7, 11) is -4.70. The van der Waals surface area contributed by atoms with Crippen LogP contribution in [-0.2, 0) is 15.0 Å². The number of carbonyl (C=O) groups excluding carboxylic acids is 1. The quantitative estimate of drug-likeness (QED) is 0.651. The molecule has 0 aliphatic carbocycles. The van der Waals surface area contributed by atoms with E-state index in [1.54, 1.807) is 0 Å². The minimum atomic E-state index is -4.70. The van der Waals surface area contributed by atoms with E-state index in [-0.39, 0.29) is 29.4 Å². The molecule has 114 valence electrons. The molecule has 1 aromatic rings. The summed E-state index contributed by atoms with van der Waals surface area (Å²) < 4.78 is 34.0. The summed E-state index contributed by atoms with van der Waals surface area (Å²) in [5.74, 6) is -3.31. The molecule has 0 radical (unpaired) electrons. The van der Waals surface area contributed by atoms with Crippen LogP contribution in [0.4, 0.5) is 9.57 Å². The molecule has 0 bridgehead atoms. The number of nitrogens with zero attached hydrogens (tertiary/aromatic N) is 2. The molecule has 0 aromatic carbocycles. The largest absolute Gasteiger partial charge is 0.478 e. The highest BCUT2D eigenvalue weighted by molar-refractivity contribution is 7.86. The molecule has 10 heteroatoms. The number of amides is 1. The van der Waals surface area contributed by atoms with Gasteiger partial charge in [0.05, 0.1) is 11.4 Å². The van der Waals surface area contributed by atoms with Gasteiger partial charge in [-0.25, -0.2) is 9.78 Å². The number of carboxylic acid groups (broad SMARTS) is 1. The van der Waals surface area contributed by atoms with Gasteiger partial charge in [-0.3, -0.25) is 4.79 Å². The maximum atomic E-state index is 12.7. The van der Waals surface area contributed by atoms with Crippen molar-refractivity contribution in [3.63, 3.8) is 0 Å². The van der Waals surface area contributed by atoms with Crippen LogP contribution in [0.1, 0.15) is 16.8 Å². The van der Waals surface area contributed by atoms with Crippen molar-refractivity contribution in [1.82, 2.24) is 4.98 Å². The second-order valence-electron chi connectivity index (χ2n) is 4.61. The average Bonchev–Trinajstić information content (AvgIpc) is 2.66. The van der Waals surface area contributed by atoms with Crippen molar-refractivity contribution in [3.05, 3.63) is 23.0 Å². The van der Waals surface area contributed by atoms with Crippen molar-refractivity contribution < 1.29 is 27.0 Å². The first kappa shape index (κ1) is 15.6. The summed E-state index contributed by atoms with van der Waals surface area (Å²) in [4.78, 5) is 27.8. The van der Waals surface area contributed by atoms with E-state index in [2.05, 4.69) is 4.98 Å². The molecule has 1 fully saturated rings. The van der Waals surface area contributed by atoms with Gasteiger partial charge >= 0.3 is 16.2 Å². The highest BCUT2D eigenvalue weighted by atomic mass is 35.5. The van der Waals surface area contributed by atoms with Gasteiger partial charge in [0.25, 0.3) is 0 Å². The number of aromatic carboxylic acids is 1. The van der Waals surface area contributed by atoms with E-state index in [9.17, 15) is 21.9 Å². The highest BCUT2D eigenvalue weighted by Gasteiger charge is 2.35. The van der Waals surface area contributed by atoms with Gasteiger partial charge in [-0.05, 0) is 0 Å². The number of carbonyl (C=O) groups is 2. The number of anilines is 1. The van der Waals surface area contributed by atoms with Gasteiger partial charge in [-0.2, -0.15) is 8.42 Å². The second-order valence-corrected chi connectivity index (χ2v) is 6.41. The highest BCUT2D eigenvalue weighted by Crippen LogP contribution is 2.30. The summed E-state index contributed by atoms with van der Waals surface area (Å²) >= 11 is 5.69. The van der Waals surface area contributed by atoms with Crippen LogP contribution in [0.25, 0.3) is 0 Å². The molecule has 1 saturated heterocycles. The molecule has 1 amide bonds. The number of aromatic nitrogens is 1. The molecule has 1 aliphatic heterocycles. The summed E-state index contributed by atoms with van der Waals surface area (Å²) in [5, 5.41) is 9.07. The zero-order valence-corrected chi connectivity index (χ0v) is 12.1. The lowest BCUT2D eigenvalue weighted by Gasteiger charge is -2.18. The van der Waals surface area contributed by atoms with Crippen LogP contribution in [0.5, 0.6) is 0 Å². The molecule has 21 heavy (non-hydrogen) atoms. The number of hydrogen-bond acceptors (Lipinski definition) is 5. The predicted octanol–water partition coefficient (Wildman–Crippen LogP) is 1.09. The maximum Gasteiger partial charge on any atom is 0.339 e. The van der Waals surface area contributed by atoms with E-state index in [1.165, 1.54) is 6.07 Å². The zero-order chi connectivity index (χ0) is 15.8. The third-order valence-corrected chi connectivity index (χ3v) is 4.09. The van der Waals surface area contributed by atoms with Crippen LogP contribution in [-0.4, -0.2) is 42.7 Å². The lowest BCUT2D eigenvalue weighted by molar-refractivity contribution is -0.117. The minimum absolute atomic E-state index is 0.00985. The number of pyridine rings is 1. The Morgan fingerprint density at radius 3 is 2.81 bits per heavy atom. The third kappa shape index (κ3) is 3.67. The molecule has 0 saturated carbocycles. The van der Waals surface area contributed by atoms with Crippen LogP contribution in [0, 0.1) is 5.92 Å². The summed E-state index contributed by atoms with van der Waals surface area (Å²) in [6.07, 6.45) is 0.828. The molecule has 1 atom stereocenters. The Bertz CT molecular complexity index is 709. The first-order valence-electron chi connectivity index (χ1n) is 5.79. The third-order valence-electron chi connectivity index (χ3n) is 3.01. The van der Waals surface area contributed by atoms with E-state index < -0.39 is 33.8 Å². The van der Waals surface area contributed by atoms with Crippen molar-refractivity contribution in [2.24, 2.45) is 5.92 Å². The first-order chi connectivity index (χ1) is 9.67. The molecule has 2 rings (SSSR count). The first-order valence-corrected chi connectivity index (χ1v) is 7.72. The summed E-state index contributed by atoms with van der Waals surface area (Å²) in [6, 6.07) is 1.20. The number of rotatable bonds is 4. The Morgan fingerprint density at radius 2 is 2.24 bits per heavy atom. The molecule has 1 N–H and O–H groups in total. The predicted molar refractivity (Wildman–Crippen MR) is 71.6 cm³/mol. The Balaban J connectivity index is 2.33. The van der Waals surface area contributed by atoms with Crippen LogP contribution < -0.4 is 4.90 Å². The van der Waals surface area contributed by atoms with Gasteiger partial charge < -0.3 is 10.0 Å². The molecule has 2 heterocycles. The van der Waals surface area contributed by atoms with E-state index in [0.29, 0.717) is 0 Å². The fourth-order valence-electron chi connectivity index (χ4n) is 2.22. The van der Waals surface area contributed by atoms with E-state index in [0.717, 1.165) is 11.1 Å². The van der Waals surface area contributed by atoms with Crippen molar-refractivity contribution in [2.75, 3.05) is 17.2 Å². The number of halogens is 2. The molecule has 0 spiro atoms. The standard InChI is InChI=1S/C11H10ClFN2O5S/c12-9-2-8(7(3-14-9)11(17)18)15-4-6(1-10(15)16)5-21(13,19)20/h2-3,6H,1,4-5H2,(H,17,18). The fourth-order valence-corrected chi connectivity index (χ4v) is 3.15. The lowest BCUT2D eigenvalue weighted by atomic mass is 10.1. The van der Waals surface area contributed by atoms with Crippen molar-refractivity contribution in [2.45, 2.75) is 6.42 Å². The van der Waals surface area contributed by atoms with Crippen LogP contribution >= 0.6 is 11.6 Å². The molecular formula is C11H10ClFN2O5S. The van der Waals surface area contributed by atoms with E-state index in [4.69, 9.17) is 16.7 Å². The van der Waals surface area contributed by atoms with Crippen LogP contribution in [0.2, 0.25) is 5.15 Å². The van der Waals surface area contributed by atoms with Gasteiger partial charge in [-0.1, -0.05) is 11.6 Å². The zero-order valence-electron chi connectivity index (χ0n) is 10.5. The molecule has 1 aliphatic rings. The van der Waals surface area contributed by atoms with Crippen molar-refractivity contribution in [3.8, 4) is 0 Å². The molecule has 1 unspecified atom stereocenters. The Hall–Kier alpha value is -1.74. The molecule has 7 nitrogen and oxygen atoms in total. The van der Waals surface area contributed by atoms with Crippen molar-refractivity contribution in [1.29, 1.82) is 0 Å². The maximum absolute atomic E-state index is 12.7. The summed E-state index contributed by atoms with van der Waals surface area (Å²) in [5.41, 5.74) is -0.220. The molecule has 1 aromatic heterocycles. The number of carboxylic acids is 1. The second kappa shape index (κ2) is 5.57. The van der Waals surface area contributed by atoms with E-state index >= 15 is 0 Å². The number of hydrogen-bond donors (Lipinski definition) is 1. The van der Waals surface area contributed by atoms with Gasteiger partial charge in [0.1, 0.15) is 10.7 Å². The normalized spacial score (nSPS) is 19.0. The van der Waals surface area contributed by atoms with Gasteiger partial charge in [0.2, 0.25) is 5.91 Å². The molecular weight excluding hydrogens is 327 g/mol. The smallest absolute Gasteiger partial charge is 0.339 e. The minimum Gasteiger partial charge on any atom is -0.478 e. The topological polar surface area (TPSA) is 105 Å². The Kier molecular flexibility index (Phi) is 4.15.